The van der Waals surface area contributed by atoms with Crippen molar-refractivity contribution in [2.75, 3.05) is 38.3 Å². The molecule has 2 heterocycles. The highest BCUT2D eigenvalue weighted by molar-refractivity contribution is 5.94. The van der Waals surface area contributed by atoms with Gasteiger partial charge in [0, 0.05) is 32.4 Å². The molecule has 0 N–H and O–H groups in total. The van der Waals surface area contributed by atoms with E-state index in [0.29, 0.717) is 17.9 Å². The Bertz CT molecular complexity index is 674. The molecule has 122 valence electrons. The van der Waals surface area contributed by atoms with Crippen LogP contribution in [0.5, 0.6) is 0 Å². The summed E-state index contributed by atoms with van der Waals surface area (Å²) in [6.45, 7) is 5.64. The third-order valence-electron chi connectivity index (χ3n) is 4.19. The van der Waals surface area contributed by atoms with Crippen LogP contribution in [0.1, 0.15) is 21.7 Å². The van der Waals surface area contributed by atoms with Gasteiger partial charge in [-0.1, -0.05) is 18.2 Å². The van der Waals surface area contributed by atoms with Crippen LogP contribution in [0.2, 0.25) is 0 Å². The summed E-state index contributed by atoms with van der Waals surface area (Å²) < 4.78 is 10.7. The van der Waals surface area contributed by atoms with Crippen molar-refractivity contribution in [3.8, 4) is 0 Å². The molecular formula is C18H22N2O3. The molecule has 1 aromatic carbocycles. The second-order valence-corrected chi connectivity index (χ2v) is 5.78. The van der Waals surface area contributed by atoms with Crippen LogP contribution < -0.4 is 4.90 Å². The molecule has 0 radical (unpaired) electrons. The van der Waals surface area contributed by atoms with Crippen LogP contribution in [0.15, 0.2) is 41.0 Å². The molecule has 2 aromatic rings. The molecule has 1 aromatic heterocycles. The Labute approximate surface area is 136 Å². The van der Waals surface area contributed by atoms with Crippen molar-refractivity contribution in [3.05, 3.63) is 53.5 Å². The first kappa shape index (κ1) is 15.6. The fourth-order valence-corrected chi connectivity index (χ4v) is 2.90. The van der Waals surface area contributed by atoms with Crippen molar-refractivity contribution in [1.82, 2.24) is 4.90 Å². The minimum absolute atomic E-state index is 0.0203. The van der Waals surface area contributed by atoms with E-state index in [1.165, 1.54) is 5.69 Å². The van der Waals surface area contributed by atoms with E-state index >= 15 is 0 Å². The van der Waals surface area contributed by atoms with Gasteiger partial charge in [0.2, 0.25) is 0 Å². The molecule has 1 saturated heterocycles. The van der Waals surface area contributed by atoms with Crippen molar-refractivity contribution in [3.63, 3.8) is 0 Å². The van der Waals surface area contributed by atoms with Crippen LogP contribution in [0, 0.1) is 6.92 Å². The lowest BCUT2D eigenvalue weighted by Crippen LogP contribution is -2.37. The van der Waals surface area contributed by atoms with Gasteiger partial charge in [0.1, 0.15) is 5.76 Å². The summed E-state index contributed by atoms with van der Waals surface area (Å²) in [7, 11) is 1.82. The fraction of sp³-hybridized carbons (Fsp3) is 0.389. The van der Waals surface area contributed by atoms with Gasteiger partial charge in [-0.15, -0.1) is 0 Å². The maximum atomic E-state index is 12.6. The van der Waals surface area contributed by atoms with Gasteiger partial charge in [0.15, 0.2) is 0 Å². The van der Waals surface area contributed by atoms with Gasteiger partial charge in [-0.05, 0) is 24.6 Å². The zero-order chi connectivity index (χ0) is 16.2. The van der Waals surface area contributed by atoms with Gasteiger partial charge < -0.3 is 19.0 Å². The maximum absolute atomic E-state index is 12.6. The summed E-state index contributed by atoms with van der Waals surface area (Å²) >= 11 is 0. The number of hydrogen-bond acceptors (Lipinski definition) is 4. The van der Waals surface area contributed by atoms with Gasteiger partial charge >= 0.3 is 0 Å². The Morgan fingerprint density at radius 2 is 1.96 bits per heavy atom. The SMILES string of the molecule is Cc1occc1C(=O)N(C)Cc1ccccc1N1CCOCC1. The van der Waals surface area contributed by atoms with Gasteiger partial charge in [0.25, 0.3) is 5.91 Å². The molecule has 5 nitrogen and oxygen atoms in total. The number of hydrogen-bond donors (Lipinski definition) is 0. The van der Waals surface area contributed by atoms with E-state index in [1.807, 2.05) is 26.1 Å². The molecule has 0 unspecified atom stereocenters. The predicted octanol–water partition coefficient (Wildman–Crippen LogP) is 2.70. The lowest BCUT2D eigenvalue weighted by Gasteiger charge is -2.31. The van der Waals surface area contributed by atoms with E-state index in [9.17, 15) is 4.79 Å². The zero-order valence-electron chi connectivity index (χ0n) is 13.6. The van der Waals surface area contributed by atoms with E-state index < -0.39 is 0 Å². The highest BCUT2D eigenvalue weighted by Crippen LogP contribution is 2.23. The van der Waals surface area contributed by atoms with Crippen LogP contribution >= 0.6 is 0 Å². The maximum Gasteiger partial charge on any atom is 0.257 e. The number of rotatable bonds is 4. The van der Waals surface area contributed by atoms with Crippen molar-refractivity contribution >= 4 is 11.6 Å². The number of anilines is 1. The molecular weight excluding hydrogens is 292 g/mol. The topological polar surface area (TPSA) is 45.9 Å². The number of aryl methyl sites for hydroxylation is 1. The highest BCUT2D eigenvalue weighted by atomic mass is 16.5. The molecule has 1 aliphatic heterocycles. The van der Waals surface area contributed by atoms with Crippen LogP contribution in [0.3, 0.4) is 0 Å². The first-order valence-corrected chi connectivity index (χ1v) is 7.87. The molecule has 1 fully saturated rings. The Balaban J connectivity index is 1.77. The fourth-order valence-electron chi connectivity index (χ4n) is 2.90. The highest BCUT2D eigenvalue weighted by Gasteiger charge is 2.19. The minimum atomic E-state index is -0.0203. The first-order chi connectivity index (χ1) is 11.2. The summed E-state index contributed by atoms with van der Waals surface area (Å²) in [5, 5.41) is 0. The lowest BCUT2D eigenvalue weighted by molar-refractivity contribution is 0.0783. The summed E-state index contributed by atoms with van der Waals surface area (Å²) in [6, 6.07) is 9.97. The van der Waals surface area contributed by atoms with E-state index in [0.717, 1.165) is 31.9 Å². The quantitative estimate of drug-likeness (QED) is 0.870. The number of morpholine rings is 1. The standard InChI is InChI=1S/C18H22N2O3/c1-14-16(7-10-23-14)18(21)19(2)13-15-5-3-4-6-17(15)20-8-11-22-12-9-20/h3-7,10H,8-9,11-13H2,1-2H3. The summed E-state index contributed by atoms with van der Waals surface area (Å²) in [4.78, 5) is 16.6. The molecule has 5 heteroatoms. The van der Waals surface area contributed by atoms with Gasteiger partial charge in [-0.25, -0.2) is 0 Å². The van der Waals surface area contributed by atoms with Crippen LogP contribution in [0.25, 0.3) is 0 Å². The Hall–Kier alpha value is -2.27. The van der Waals surface area contributed by atoms with Gasteiger partial charge in [-0.3, -0.25) is 4.79 Å². The van der Waals surface area contributed by atoms with Gasteiger partial charge in [0.05, 0.1) is 25.0 Å². The number of para-hydroxylation sites is 1. The molecule has 1 amide bonds. The molecule has 0 atom stereocenters. The molecule has 23 heavy (non-hydrogen) atoms. The van der Waals surface area contributed by atoms with Gasteiger partial charge in [-0.2, -0.15) is 0 Å². The molecule has 0 aliphatic carbocycles. The van der Waals surface area contributed by atoms with E-state index in [-0.39, 0.29) is 5.91 Å². The molecule has 3 rings (SSSR count). The van der Waals surface area contributed by atoms with Crippen molar-refractivity contribution < 1.29 is 13.9 Å². The monoisotopic (exact) mass is 314 g/mol. The number of benzene rings is 1. The van der Waals surface area contributed by atoms with Crippen molar-refractivity contribution in [2.24, 2.45) is 0 Å². The molecule has 1 aliphatic rings. The number of furan rings is 1. The third kappa shape index (κ3) is 3.40. The average molecular weight is 314 g/mol. The zero-order valence-corrected chi connectivity index (χ0v) is 13.6. The second kappa shape index (κ2) is 6.87. The van der Waals surface area contributed by atoms with Crippen molar-refractivity contribution in [1.29, 1.82) is 0 Å². The number of carbonyl (C=O) groups excluding carboxylic acids is 1. The largest absolute Gasteiger partial charge is 0.469 e. The predicted molar refractivity (Wildman–Crippen MR) is 88.7 cm³/mol. The second-order valence-electron chi connectivity index (χ2n) is 5.78. The Morgan fingerprint density at radius 3 is 2.65 bits per heavy atom. The van der Waals surface area contributed by atoms with Crippen LogP contribution in [0.4, 0.5) is 5.69 Å². The summed E-state index contributed by atoms with van der Waals surface area (Å²) in [5.74, 6) is 0.636. The van der Waals surface area contributed by atoms with E-state index in [2.05, 4.69) is 17.0 Å². The molecule has 0 saturated carbocycles. The normalized spacial score (nSPS) is 14.8. The number of ether oxygens (including phenoxy) is 1. The van der Waals surface area contributed by atoms with Crippen LogP contribution in [-0.2, 0) is 11.3 Å². The smallest absolute Gasteiger partial charge is 0.257 e. The van der Waals surface area contributed by atoms with Crippen molar-refractivity contribution in [2.45, 2.75) is 13.5 Å². The lowest BCUT2D eigenvalue weighted by atomic mass is 10.1. The molecule has 0 bridgehead atoms. The number of carbonyl (C=O) groups is 1. The summed E-state index contributed by atoms with van der Waals surface area (Å²) in [5.41, 5.74) is 2.95. The van der Waals surface area contributed by atoms with Crippen LogP contribution in [-0.4, -0.2) is 44.2 Å². The first-order valence-electron chi connectivity index (χ1n) is 7.87. The Kier molecular flexibility index (Phi) is 4.67. The average Bonchev–Trinajstić information content (AvgIpc) is 3.01. The van der Waals surface area contributed by atoms with E-state index in [1.54, 1.807) is 17.2 Å². The summed E-state index contributed by atoms with van der Waals surface area (Å²) in [6.07, 6.45) is 1.55. The third-order valence-corrected chi connectivity index (χ3v) is 4.19. The van der Waals surface area contributed by atoms with E-state index in [4.69, 9.17) is 9.15 Å². The Morgan fingerprint density at radius 1 is 1.22 bits per heavy atom. The number of amides is 1. The number of nitrogens with zero attached hydrogens (tertiary/aromatic N) is 2. The molecule has 0 spiro atoms. The minimum Gasteiger partial charge on any atom is -0.469 e.